The molecule has 0 unspecified atom stereocenters. The van der Waals surface area contributed by atoms with E-state index in [0.717, 1.165) is 68.5 Å². The molecule has 0 atom stereocenters. The molecule has 4 rings (SSSR count). The molecule has 2 saturated heterocycles. The van der Waals surface area contributed by atoms with Crippen LogP contribution in [0, 0.1) is 0 Å². The van der Waals surface area contributed by atoms with Crippen molar-refractivity contribution in [3.63, 3.8) is 0 Å². The molecule has 4 heterocycles. The average Bonchev–Trinajstić information content (AvgIpc) is 2.70. The molecule has 2 N–H and O–H groups in total. The summed E-state index contributed by atoms with van der Waals surface area (Å²) in [4.78, 5) is 12.7. The van der Waals surface area contributed by atoms with Crippen LogP contribution in [-0.2, 0) is 9.47 Å². The lowest BCUT2D eigenvalue weighted by atomic mass is 10.3. The van der Waals surface area contributed by atoms with Crippen molar-refractivity contribution in [2.75, 3.05) is 68.1 Å². The predicted octanol–water partition coefficient (Wildman–Crippen LogP) is 2.18. The van der Waals surface area contributed by atoms with Crippen molar-refractivity contribution in [1.29, 1.82) is 0 Å². The Morgan fingerprint density at radius 2 is 1.27 bits per heavy atom. The van der Waals surface area contributed by atoms with Gasteiger partial charge in [0.2, 0.25) is 0 Å². The quantitative estimate of drug-likeness (QED) is 0.795. The Morgan fingerprint density at radius 1 is 0.769 bits per heavy atom. The first-order valence-corrected chi connectivity index (χ1v) is 9.48. The van der Waals surface area contributed by atoms with Gasteiger partial charge in [-0.25, -0.2) is 0 Å². The highest BCUT2D eigenvalue weighted by Crippen LogP contribution is 2.19. The van der Waals surface area contributed by atoms with Crippen molar-refractivity contribution in [2.45, 2.75) is 0 Å². The Labute approximate surface area is 162 Å². The molecule has 0 amide bonds. The lowest BCUT2D eigenvalue weighted by Crippen LogP contribution is -2.36. The lowest BCUT2D eigenvalue weighted by molar-refractivity contribution is 0.122. The van der Waals surface area contributed by atoms with Gasteiger partial charge in [0.25, 0.3) is 0 Å². The van der Waals surface area contributed by atoms with Crippen LogP contribution < -0.4 is 15.5 Å². The number of morpholine rings is 2. The fourth-order valence-electron chi connectivity index (χ4n) is 2.83. The summed E-state index contributed by atoms with van der Waals surface area (Å²) in [5.41, 5.74) is 8.61. The van der Waals surface area contributed by atoms with Crippen molar-refractivity contribution in [3.05, 3.63) is 41.4 Å². The third-order valence-electron chi connectivity index (χ3n) is 4.19. The monoisotopic (exact) mass is 421 g/mol. The van der Waals surface area contributed by atoms with Crippen LogP contribution in [0.1, 0.15) is 0 Å². The second-order valence-corrected chi connectivity index (χ2v) is 6.95. The van der Waals surface area contributed by atoms with Gasteiger partial charge in [0.15, 0.2) is 0 Å². The van der Waals surface area contributed by atoms with Crippen molar-refractivity contribution in [3.8, 4) is 0 Å². The Bertz CT molecular complexity index is 631. The van der Waals surface area contributed by atoms with E-state index in [4.69, 9.17) is 15.2 Å². The number of ether oxygens (including phenoxy) is 2. The lowest BCUT2D eigenvalue weighted by Gasteiger charge is -2.28. The third kappa shape index (κ3) is 5.55. The molecule has 2 fully saturated rings. The van der Waals surface area contributed by atoms with E-state index in [2.05, 4.69) is 41.8 Å². The van der Waals surface area contributed by atoms with Gasteiger partial charge in [-0.3, -0.25) is 9.97 Å². The first kappa shape index (κ1) is 18.9. The summed E-state index contributed by atoms with van der Waals surface area (Å²) in [7, 11) is 0. The summed E-state index contributed by atoms with van der Waals surface area (Å²) >= 11 is 3.41. The first-order chi connectivity index (χ1) is 12.7. The van der Waals surface area contributed by atoms with Crippen LogP contribution >= 0.6 is 15.9 Å². The van der Waals surface area contributed by atoms with Gasteiger partial charge in [-0.2, -0.15) is 0 Å². The molecule has 2 aromatic rings. The number of nitrogens with zero attached hydrogens (tertiary/aromatic N) is 4. The number of nitrogen functional groups attached to an aromatic ring is 1. The van der Waals surface area contributed by atoms with E-state index in [1.807, 2.05) is 18.5 Å². The Morgan fingerprint density at radius 3 is 1.77 bits per heavy atom. The molecule has 8 heteroatoms. The molecule has 26 heavy (non-hydrogen) atoms. The third-order valence-corrected chi connectivity index (χ3v) is 4.62. The van der Waals surface area contributed by atoms with Gasteiger partial charge in [-0.15, -0.1) is 0 Å². The van der Waals surface area contributed by atoms with Crippen molar-refractivity contribution >= 4 is 33.0 Å². The number of hydrogen-bond donors (Lipinski definition) is 1. The molecule has 0 bridgehead atoms. The SMILES string of the molecule is Brc1cncc(N2CCOCC2)c1.Nc1cncc(N2CCOCC2)c1. The van der Waals surface area contributed by atoms with Crippen LogP contribution in [0.25, 0.3) is 0 Å². The summed E-state index contributed by atoms with van der Waals surface area (Å²) in [6.45, 7) is 6.95. The summed E-state index contributed by atoms with van der Waals surface area (Å²) in [5, 5.41) is 0. The van der Waals surface area contributed by atoms with Gasteiger partial charge in [-0.1, -0.05) is 0 Å². The Hall–Kier alpha value is -1.90. The molecule has 0 radical (unpaired) electrons. The summed E-state index contributed by atoms with van der Waals surface area (Å²) in [6, 6.07) is 4.02. The van der Waals surface area contributed by atoms with E-state index < -0.39 is 0 Å². The maximum Gasteiger partial charge on any atom is 0.0642 e. The molecule has 140 valence electrons. The van der Waals surface area contributed by atoms with Crippen molar-refractivity contribution in [2.24, 2.45) is 0 Å². The summed E-state index contributed by atoms with van der Waals surface area (Å²) in [5.74, 6) is 0. The first-order valence-electron chi connectivity index (χ1n) is 8.69. The second-order valence-electron chi connectivity index (χ2n) is 6.04. The van der Waals surface area contributed by atoms with Crippen LogP contribution in [0.2, 0.25) is 0 Å². The maximum atomic E-state index is 5.64. The zero-order chi connectivity index (χ0) is 18.2. The van der Waals surface area contributed by atoms with Gasteiger partial charge in [0.1, 0.15) is 0 Å². The minimum atomic E-state index is 0.712. The second kappa shape index (κ2) is 9.70. The zero-order valence-electron chi connectivity index (χ0n) is 14.7. The van der Waals surface area contributed by atoms with Crippen molar-refractivity contribution in [1.82, 2.24) is 9.97 Å². The number of hydrogen-bond acceptors (Lipinski definition) is 7. The van der Waals surface area contributed by atoms with E-state index in [9.17, 15) is 0 Å². The molecule has 2 aromatic heterocycles. The summed E-state index contributed by atoms with van der Waals surface area (Å²) < 4.78 is 11.6. The number of nitrogens with two attached hydrogens (primary N) is 1. The fraction of sp³-hybridized carbons (Fsp3) is 0.444. The molecule has 0 saturated carbocycles. The van der Waals surface area contributed by atoms with Crippen LogP contribution in [0.4, 0.5) is 17.1 Å². The molecule has 2 aliphatic heterocycles. The van der Waals surface area contributed by atoms with E-state index in [1.165, 1.54) is 0 Å². The van der Waals surface area contributed by atoms with Crippen LogP contribution in [0.5, 0.6) is 0 Å². The average molecular weight is 422 g/mol. The number of rotatable bonds is 2. The number of aromatic nitrogens is 2. The Balaban J connectivity index is 0.000000151. The van der Waals surface area contributed by atoms with Gasteiger partial charge in [0, 0.05) is 43.0 Å². The minimum Gasteiger partial charge on any atom is -0.397 e. The highest BCUT2D eigenvalue weighted by molar-refractivity contribution is 9.10. The highest BCUT2D eigenvalue weighted by atomic mass is 79.9. The maximum absolute atomic E-state index is 5.64. The number of halogens is 1. The standard InChI is InChI=1S/C9H11BrN2O.C9H13N3O/c2*10-8-5-9(7-11-6-8)12-1-3-13-4-2-12/h5-7H,1-4H2;5-7H,1-4,10H2. The normalized spacial score (nSPS) is 17.4. The molecule has 0 spiro atoms. The zero-order valence-corrected chi connectivity index (χ0v) is 16.3. The van der Waals surface area contributed by atoms with Crippen LogP contribution in [0.3, 0.4) is 0 Å². The predicted molar refractivity (Wildman–Crippen MR) is 107 cm³/mol. The molecular formula is C18H24BrN5O2. The molecule has 2 aliphatic rings. The topological polar surface area (TPSA) is 76.7 Å². The minimum absolute atomic E-state index is 0.712. The molecule has 0 aromatic carbocycles. The Kier molecular flexibility index (Phi) is 7.04. The van der Waals surface area contributed by atoms with Gasteiger partial charge in [-0.05, 0) is 28.1 Å². The van der Waals surface area contributed by atoms with Crippen LogP contribution in [0.15, 0.2) is 41.4 Å². The van der Waals surface area contributed by atoms with E-state index in [0.29, 0.717) is 5.69 Å². The van der Waals surface area contributed by atoms with Gasteiger partial charge in [0.05, 0.1) is 55.9 Å². The number of pyridine rings is 2. The van der Waals surface area contributed by atoms with Crippen LogP contribution in [-0.4, -0.2) is 62.6 Å². The van der Waals surface area contributed by atoms with E-state index in [1.54, 1.807) is 12.4 Å². The van der Waals surface area contributed by atoms with E-state index in [-0.39, 0.29) is 0 Å². The largest absolute Gasteiger partial charge is 0.397 e. The van der Waals surface area contributed by atoms with Crippen molar-refractivity contribution < 1.29 is 9.47 Å². The summed E-state index contributed by atoms with van der Waals surface area (Å²) in [6.07, 6.45) is 7.17. The fourth-order valence-corrected chi connectivity index (χ4v) is 3.19. The smallest absolute Gasteiger partial charge is 0.0642 e. The molecular weight excluding hydrogens is 398 g/mol. The number of anilines is 3. The molecule has 0 aliphatic carbocycles. The van der Waals surface area contributed by atoms with E-state index >= 15 is 0 Å². The highest BCUT2D eigenvalue weighted by Gasteiger charge is 2.11. The molecule has 7 nitrogen and oxygen atoms in total. The van der Waals surface area contributed by atoms with Gasteiger partial charge < -0.3 is 25.0 Å². The van der Waals surface area contributed by atoms with Gasteiger partial charge >= 0.3 is 0 Å².